The number of fused-ring (bicyclic) bond motifs is 1. The number of nitrogens with zero attached hydrogens (tertiary/aromatic N) is 2. The average molecular weight is 472 g/mol. The summed E-state index contributed by atoms with van der Waals surface area (Å²) in [5.41, 5.74) is 3.12. The van der Waals surface area contributed by atoms with Crippen LogP contribution in [0.15, 0.2) is 72.9 Å². The van der Waals surface area contributed by atoms with Gasteiger partial charge in [0.15, 0.2) is 28.7 Å². The molecule has 1 amide bonds. The second-order valence-electron chi connectivity index (χ2n) is 7.91. The first kappa shape index (κ1) is 22.3. The highest BCUT2D eigenvalue weighted by Crippen LogP contribution is 2.35. The Morgan fingerprint density at radius 2 is 1.69 bits per heavy atom. The van der Waals surface area contributed by atoms with Gasteiger partial charge in [0.1, 0.15) is 0 Å². The van der Waals surface area contributed by atoms with E-state index in [9.17, 15) is 4.79 Å². The lowest BCUT2D eigenvalue weighted by molar-refractivity contribution is 0.102. The number of rotatable bonds is 6. The van der Waals surface area contributed by atoms with Crippen LogP contribution in [-0.2, 0) is 0 Å². The molecule has 0 atom stereocenters. The van der Waals surface area contributed by atoms with Crippen molar-refractivity contribution in [3.8, 4) is 39.8 Å². The summed E-state index contributed by atoms with van der Waals surface area (Å²) in [7, 11) is 3.16. The molecule has 1 N–H and O–H groups in total. The normalized spacial score (nSPS) is 12.5. The summed E-state index contributed by atoms with van der Waals surface area (Å²) in [6, 6.07) is 20.5. The third-order valence-electron chi connectivity index (χ3n) is 5.65. The van der Waals surface area contributed by atoms with Gasteiger partial charge in [-0.3, -0.25) is 4.79 Å². The lowest BCUT2D eigenvalue weighted by atomic mass is 10.1. The number of hydrogen-bond acceptors (Lipinski definition) is 6. The van der Waals surface area contributed by atoms with Gasteiger partial charge in [-0.2, -0.15) is 5.10 Å². The van der Waals surface area contributed by atoms with Crippen molar-refractivity contribution >= 4 is 11.6 Å². The summed E-state index contributed by atoms with van der Waals surface area (Å²) in [6.07, 6.45) is 2.64. The Bertz CT molecular complexity index is 1350. The monoisotopic (exact) mass is 471 g/mol. The van der Waals surface area contributed by atoms with Crippen LogP contribution in [0.4, 0.5) is 5.69 Å². The molecule has 3 aromatic carbocycles. The molecule has 0 bridgehead atoms. The largest absolute Gasteiger partial charge is 0.493 e. The number of methoxy groups -OCH3 is 2. The molecule has 8 nitrogen and oxygen atoms in total. The van der Waals surface area contributed by atoms with E-state index >= 15 is 0 Å². The first-order chi connectivity index (χ1) is 17.2. The second-order valence-corrected chi connectivity index (χ2v) is 7.91. The van der Waals surface area contributed by atoms with Gasteiger partial charge in [0.2, 0.25) is 0 Å². The van der Waals surface area contributed by atoms with E-state index in [2.05, 4.69) is 10.4 Å². The molecule has 1 aliphatic heterocycles. The van der Waals surface area contributed by atoms with E-state index in [1.807, 2.05) is 48.7 Å². The van der Waals surface area contributed by atoms with Crippen LogP contribution in [0.25, 0.3) is 16.8 Å². The molecule has 1 aliphatic rings. The predicted octanol–water partition coefficient (Wildman–Crippen LogP) is 4.97. The van der Waals surface area contributed by atoms with E-state index in [-0.39, 0.29) is 11.6 Å². The zero-order chi connectivity index (χ0) is 24.2. The average Bonchev–Trinajstić information content (AvgIpc) is 3.22. The van der Waals surface area contributed by atoms with Crippen molar-refractivity contribution in [2.75, 3.05) is 32.8 Å². The van der Waals surface area contributed by atoms with Crippen molar-refractivity contribution in [1.82, 2.24) is 9.78 Å². The van der Waals surface area contributed by atoms with E-state index in [1.165, 1.54) is 0 Å². The maximum atomic E-state index is 13.5. The Labute approximate surface area is 203 Å². The summed E-state index contributed by atoms with van der Waals surface area (Å²) in [5, 5.41) is 7.58. The number of amides is 1. The number of carbonyl (C=O) groups is 1. The molecule has 5 rings (SSSR count). The molecule has 0 spiro atoms. The summed E-state index contributed by atoms with van der Waals surface area (Å²) in [6.45, 7) is 1.17. The fourth-order valence-electron chi connectivity index (χ4n) is 3.90. The summed E-state index contributed by atoms with van der Waals surface area (Å²) >= 11 is 0. The van der Waals surface area contributed by atoms with E-state index in [0.717, 1.165) is 17.7 Å². The smallest absolute Gasteiger partial charge is 0.276 e. The summed E-state index contributed by atoms with van der Waals surface area (Å²) in [4.78, 5) is 13.5. The van der Waals surface area contributed by atoms with Crippen LogP contribution in [0.1, 0.15) is 16.9 Å². The Balaban J connectivity index is 1.53. The highest BCUT2D eigenvalue weighted by atomic mass is 16.5. The number of anilines is 1. The first-order valence-corrected chi connectivity index (χ1v) is 11.2. The van der Waals surface area contributed by atoms with Gasteiger partial charge in [-0.25, -0.2) is 4.68 Å². The van der Waals surface area contributed by atoms with Gasteiger partial charge in [0, 0.05) is 29.9 Å². The van der Waals surface area contributed by atoms with Crippen LogP contribution in [0.2, 0.25) is 0 Å². The predicted molar refractivity (Wildman–Crippen MR) is 132 cm³/mol. The van der Waals surface area contributed by atoms with Crippen molar-refractivity contribution in [2.24, 2.45) is 0 Å². The second kappa shape index (κ2) is 9.80. The zero-order valence-corrected chi connectivity index (χ0v) is 19.5. The molecule has 0 saturated heterocycles. The lowest BCUT2D eigenvalue weighted by Gasteiger charge is -2.11. The van der Waals surface area contributed by atoms with Gasteiger partial charge in [-0.15, -0.1) is 0 Å². The third-order valence-corrected chi connectivity index (χ3v) is 5.65. The topological polar surface area (TPSA) is 83.8 Å². The molecular formula is C27H25N3O5. The van der Waals surface area contributed by atoms with Gasteiger partial charge in [-0.05, 0) is 42.0 Å². The molecule has 1 aromatic heterocycles. The van der Waals surface area contributed by atoms with Crippen molar-refractivity contribution in [3.05, 3.63) is 78.6 Å². The van der Waals surface area contributed by atoms with Gasteiger partial charge in [0.25, 0.3) is 5.91 Å². The number of ether oxygens (including phenoxy) is 4. The zero-order valence-electron chi connectivity index (χ0n) is 19.5. The molecule has 8 heteroatoms. The molecule has 0 radical (unpaired) electrons. The highest BCUT2D eigenvalue weighted by molar-refractivity contribution is 6.07. The lowest BCUT2D eigenvalue weighted by Crippen LogP contribution is -2.14. The standard InChI is InChI=1S/C27H25N3O5/c1-32-22-11-9-18(15-24(22)33-2)21-17-30(20-7-4-3-5-8-20)29-26(21)27(31)28-19-10-12-23-25(16-19)35-14-6-13-34-23/h3-5,7-12,15-17H,6,13-14H2,1-2H3,(H,28,31). The number of benzene rings is 3. The fourth-order valence-corrected chi connectivity index (χ4v) is 3.90. The van der Waals surface area contributed by atoms with E-state index in [4.69, 9.17) is 18.9 Å². The minimum Gasteiger partial charge on any atom is -0.493 e. The van der Waals surface area contributed by atoms with E-state index in [0.29, 0.717) is 47.5 Å². The van der Waals surface area contributed by atoms with E-state index < -0.39 is 0 Å². The Morgan fingerprint density at radius 1 is 0.914 bits per heavy atom. The van der Waals surface area contributed by atoms with E-state index in [1.54, 1.807) is 43.2 Å². The molecular weight excluding hydrogens is 446 g/mol. The SMILES string of the molecule is COc1ccc(-c2cn(-c3ccccc3)nc2C(=O)Nc2ccc3c(c2)OCCCO3)cc1OC. The summed E-state index contributed by atoms with van der Waals surface area (Å²) < 4.78 is 24.0. The number of aromatic nitrogens is 2. The van der Waals surface area contributed by atoms with Crippen molar-refractivity contribution in [1.29, 1.82) is 0 Å². The molecule has 178 valence electrons. The van der Waals surface area contributed by atoms with Crippen LogP contribution in [-0.4, -0.2) is 43.1 Å². The van der Waals surface area contributed by atoms with Crippen LogP contribution < -0.4 is 24.3 Å². The van der Waals surface area contributed by atoms with Crippen LogP contribution in [0.5, 0.6) is 23.0 Å². The number of carbonyl (C=O) groups excluding carboxylic acids is 1. The van der Waals surface area contributed by atoms with Gasteiger partial charge in [0.05, 0.1) is 33.1 Å². The van der Waals surface area contributed by atoms with Gasteiger partial charge in [-0.1, -0.05) is 24.3 Å². The Kier molecular flexibility index (Phi) is 6.26. The Morgan fingerprint density at radius 3 is 2.46 bits per heavy atom. The van der Waals surface area contributed by atoms with Crippen LogP contribution in [0.3, 0.4) is 0 Å². The van der Waals surface area contributed by atoms with Crippen LogP contribution in [0, 0.1) is 0 Å². The molecule has 35 heavy (non-hydrogen) atoms. The highest BCUT2D eigenvalue weighted by Gasteiger charge is 2.21. The molecule has 0 fully saturated rings. The first-order valence-electron chi connectivity index (χ1n) is 11.2. The quantitative estimate of drug-likeness (QED) is 0.428. The molecule has 0 aliphatic carbocycles. The molecule has 2 heterocycles. The number of para-hydroxylation sites is 1. The van der Waals surface area contributed by atoms with Crippen molar-refractivity contribution < 1.29 is 23.7 Å². The third kappa shape index (κ3) is 4.63. The molecule has 0 unspecified atom stereocenters. The van der Waals surface area contributed by atoms with Gasteiger partial charge >= 0.3 is 0 Å². The maximum Gasteiger partial charge on any atom is 0.276 e. The number of nitrogens with one attached hydrogen (secondary N) is 1. The number of hydrogen-bond donors (Lipinski definition) is 1. The Hall–Kier alpha value is -4.46. The molecule has 4 aromatic rings. The molecule has 0 saturated carbocycles. The van der Waals surface area contributed by atoms with Gasteiger partial charge < -0.3 is 24.3 Å². The minimum absolute atomic E-state index is 0.271. The maximum absolute atomic E-state index is 13.5. The summed E-state index contributed by atoms with van der Waals surface area (Å²) in [5.74, 6) is 2.09. The van der Waals surface area contributed by atoms with Crippen molar-refractivity contribution in [3.63, 3.8) is 0 Å². The van der Waals surface area contributed by atoms with Crippen molar-refractivity contribution in [2.45, 2.75) is 6.42 Å². The fraction of sp³-hybridized carbons (Fsp3) is 0.185. The minimum atomic E-state index is -0.348. The van der Waals surface area contributed by atoms with Crippen LogP contribution >= 0.6 is 0 Å².